The monoisotopic (exact) mass is 186 g/mol. The number of benzene rings is 1. The van der Waals surface area contributed by atoms with Gasteiger partial charge in [-0.3, -0.25) is 4.40 Å². The molecule has 0 aliphatic heterocycles. The zero-order chi connectivity index (χ0) is 9.71. The standard InChI is InChI=1S/C10H10N4/c1-7-6-13-8-4-2-3-5-9(8)14(11)10(13)12-7/h2-6H,11H2,1H3. The van der Waals surface area contributed by atoms with Crippen LogP contribution in [0.2, 0.25) is 0 Å². The van der Waals surface area contributed by atoms with Gasteiger partial charge in [0.05, 0.1) is 16.7 Å². The van der Waals surface area contributed by atoms with Crippen LogP contribution < -0.4 is 5.84 Å². The minimum atomic E-state index is 0.781. The maximum Gasteiger partial charge on any atom is 0.234 e. The molecular weight excluding hydrogens is 176 g/mol. The molecule has 0 bridgehead atoms. The molecule has 0 fully saturated rings. The van der Waals surface area contributed by atoms with E-state index in [0.717, 1.165) is 22.5 Å². The number of rotatable bonds is 0. The second-order valence-corrected chi connectivity index (χ2v) is 3.41. The van der Waals surface area contributed by atoms with E-state index in [1.165, 1.54) is 0 Å². The van der Waals surface area contributed by atoms with E-state index in [4.69, 9.17) is 5.84 Å². The molecule has 0 saturated carbocycles. The van der Waals surface area contributed by atoms with E-state index in [-0.39, 0.29) is 0 Å². The lowest BCUT2D eigenvalue weighted by Crippen LogP contribution is -2.07. The summed E-state index contributed by atoms with van der Waals surface area (Å²) in [6, 6.07) is 7.99. The van der Waals surface area contributed by atoms with E-state index in [1.54, 1.807) is 4.68 Å². The molecule has 2 N–H and O–H groups in total. The van der Waals surface area contributed by atoms with Crippen LogP contribution >= 0.6 is 0 Å². The van der Waals surface area contributed by atoms with Gasteiger partial charge < -0.3 is 5.84 Å². The summed E-state index contributed by atoms with van der Waals surface area (Å²) in [5.74, 6) is 6.70. The molecular formula is C10H10N4. The van der Waals surface area contributed by atoms with Crippen molar-refractivity contribution in [3.8, 4) is 0 Å². The molecule has 3 aromatic rings. The topological polar surface area (TPSA) is 48.2 Å². The Balaban J connectivity index is 2.65. The molecule has 0 atom stereocenters. The molecule has 4 nitrogen and oxygen atoms in total. The van der Waals surface area contributed by atoms with Crippen molar-refractivity contribution < 1.29 is 0 Å². The summed E-state index contributed by atoms with van der Waals surface area (Å²) in [7, 11) is 0. The van der Waals surface area contributed by atoms with Crippen LogP contribution in [0.1, 0.15) is 5.69 Å². The lowest BCUT2D eigenvalue weighted by Gasteiger charge is -1.93. The van der Waals surface area contributed by atoms with E-state index >= 15 is 0 Å². The third-order valence-electron chi connectivity index (χ3n) is 2.42. The Kier molecular flexibility index (Phi) is 1.21. The van der Waals surface area contributed by atoms with Crippen LogP contribution in [0, 0.1) is 6.92 Å². The Bertz CT molecular complexity index is 617. The fourth-order valence-electron chi connectivity index (χ4n) is 1.81. The second kappa shape index (κ2) is 2.29. The predicted molar refractivity (Wildman–Crippen MR) is 55.6 cm³/mol. The molecule has 0 amide bonds. The van der Waals surface area contributed by atoms with Crippen molar-refractivity contribution >= 4 is 16.8 Å². The molecule has 3 rings (SSSR count). The maximum absolute atomic E-state index is 5.92. The van der Waals surface area contributed by atoms with Gasteiger partial charge in [0.15, 0.2) is 0 Å². The molecule has 4 heteroatoms. The Hall–Kier alpha value is -1.97. The SMILES string of the molecule is Cc1cn2c3ccccc3n(N)c2n1. The van der Waals surface area contributed by atoms with Crippen LogP contribution in [-0.4, -0.2) is 14.1 Å². The average Bonchev–Trinajstić information content (AvgIpc) is 2.68. The van der Waals surface area contributed by atoms with E-state index in [0.29, 0.717) is 0 Å². The highest BCUT2D eigenvalue weighted by molar-refractivity contribution is 5.80. The van der Waals surface area contributed by atoms with Crippen LogP contribution in [0.5, 0.6) is 0 Å². The predicted octanol–water partition coefficient (Wildman–Crippen LogP) is 1.31. The van der Waals surface area contributed by atoms with Crippen LogP contribution in [0.15, 0.2) is 30.5 Å². The van der Waals surface area contributed by atoms with Crippen LogP contribution in [0.3, 0.4) is 0 Å². The summed E-state index contributed by atoms with van der Waals surface area (Å²) in [6.07, 6.45) is 1.99. The molecule has 2 heterocycles. The molecule has 0 aliphatic rings. The zero-order valence-corrected chi connectivity index (χ0v) is 7.81. The lowest BCUT2D eigenvalue weighted by molar-refractivity contribution is 1.05. The molecule has 0 saturated heterocycles. The van der Waals surface area contributed by atoms with Gasteiger partial charge in [0.2, 0.25) is 5.78 Å². The van der Waals surface area contributed by atoms with Crippen molar-refractivity contribution in [3.05, 3.63) is 36.2 Å². The molecule has 1 aromatic carbocycles. The summed E-state index contributed by atoms with van der Waals surface area (Å²) in [5, 5.41) is 0. The fourth-order valence-corrected chi connectivity index (χ4v) is 1.81. The Morgan fingerprint density at radius 1 is 1.21 bits per heavy atom. The first kappa shape index (κ1) is 7.44. The van der Waals surface area contributed by atoms with Gasteiger partial charge in [0.25, 0.3) is 0 Å². The zero-order valence-electron chi connectivity index (χ0n) is 7.81. The van der Waals surface area contributed by atoms with Crippen molar-refractivity contribution in [3.63, 3.8) is 0 Å². The number of para-hydroxylation sites is 2. The largest absolute Gasteiger partial charge is 0.336 e. The Labute approximate surface area is 80.5 Å². The summed E-state index contributed by atoms with van der Waals surface area (Å²) in [5.41, 5.74) is 3.06. The molecule has 14 heavy (non-hydrogen) atoms. The van der Waals surface area contributed by atoms with Gasteiger partial charge in [-0.15, -0.1) is 0 Å². The van der Waals surface area contributed by atoms with Crippen molar-refractivity contribution in [2.24, 2.45) is 0 Å². The minimum Gasteiger partial charge on any atom is -0.336 e. The van der Waals surface area contributed by atoms with E-state index in [2.05, 4.69) is 4.98 Å². The number of nitrogens with two attached hydrogens (primary N) is 1. The quantitative estimate of drug-likeness (QED) is 0.538. The van der Waals surface area contributed by atoms with Gasteiger partial charge in [-0.25, -0.2) is 9.66 Å². The molecule has 2 aromatic heterocycles. The summed E-state index contributed by atoms with van der Waals surface area (Å²) < 4.78 is 3.62. The van der Waals surface area contributed by atoms with Crippen molar-refractivity contribution in [2.45, 2.75) is 6.92 Å². The normalized spacial score (nSPS) is 11.5. The lowest BCUT2D eigenvalue weighted by atomic mass is 10.3. The van der Waals surface area contributed by atoms with Crippen LogP contribution in [-0.2, 0) is 0 Å². The highest BCUT2D eigenvalue weighted by Gasteiger charge is 2.09. The highest BCUT2D eigenvalue weighted by Crippen LogP contribution is 2.17. The van der Waals surface area contributed by atoms with Gasteiger partial charge in [0.1, 0.15) is 0 Å². The number of aryl methyl sites for hydroxylation is 1. The minimum absolute atomic E-state index is 0.781. The van der Waals surface area contributed by atoms with Crippen molar-refractivity contribution in [1.29, 1.82) is 0 Å². The smallest absolute Gasteiger partial charge is 0.234 e. The maximum atomic E-state index is 5.92. The van der Waals surface area contributed by atoms with Gasteiger partial charge >= 0.3 is 0 Å². The fraction of sp³-hybridized carbons (Fsp3) is 0.100. The van der Waals surface area contributed by atoms with Crippen molar-refractivity contribution in [1.82, 2.24) is 14.1 Å². The second-order valence-electron chi connectivity index (χ2n) is 3.41. The van der Waals surface area contributed by atoms with Crippen LogP contribution in [0.4, 0.5) is 0 Å². The summed E-state index contributed by atoms with van der Waals surface area (Å²) in [4.78, 5) is 4.35. The van der Waals surface area contributed by atoms with E-state index in [9.17, 15) is 0 Å². The van der Waals surface area contributed by atoms with E-state index in [1.807, 2.05) is 41.8 Å². The number of fused-ring (bicyclic) bond motifs is 3. The number of hydrogen-bond donors (Lipinski definition) is 1. The number of nitrogen functional groups attached to an aromatic ring is 1. The average molecular weight is 186 g/mol. The van der Waals surface area contributed by atoms with Gasteiger partial charge in [-0.1, -0.05) is 12.1 Å². The molecule has 0 unspecified atom stereocenters. The third-order valence-corrected chi connectivity index (χ3v) is 2.42. The van der Waals surface area contributed by atoms with Gasteiger partial charge in [-0.05, 0) is 19.1 Å². The molecule has 0 radical (unpaired) electrons. The first-order chi connectivity index (χ1) is 6.77. The number of aromatic nitrogens is 3. The molecule has 70 valence electrons. The first-order valence-corrected chi connectivity index (χ1v) is 4.47. The molecule has 0 spiro atoms. The summed E-state index contributed by atoms with van der Waals surface area (Å²) in [6.45, 7) is 1.96. The Morgan fingerprint density at radius 3 is 2.71 bits per heavy atom. The number of hydrogen-bond acceptors (Lipinski definition) is 2. The van der Waals surface area contributed by atoms with Gasteiger partial charge in [-0.2, -0.15) is 0 Å². The third kappa shape index (κ3) is 0.750. The van der Waals surface area contributed by atoms with Crippen molar-refractivity contribution in [2.75, 3.05) is 5.84 Å². The summed E-state index contributed by atoms with van der Waals surface area (Å²) >= 11 is 0. The van der Waals surface area contributed by atoms with Gasteiger partial charge in [0, 0.05) is 6.20 Å². The molecule has 0 aliphatic carbocycles. The van der Waals surface area contributed by atoms with Crippen LogP contribution in [0.25, 0.3) is 16.8 Å². The van der Waals surface area contributed by atoms with E-state index < -0.39 is 0 Å². The highest BCUT2D eigenvalue weighted by atomic mass is 15.4. The first-order valence-electron chi connectivity index (χ1n) is 4.47. The Morgan fingerprint density at radius 2 is 1.93 bits per heavy atom. The number of nitrogens with zero attached hydrogens (tertiary/aromatic N) is 3. The number of imidazole rings is 2.